The van der Waals surface area contributed by atoms with Gasteiger partial charge in [-0.25, -0.2) is 0 Å². The molecule has 3 nitrogen and oxygen atoms in total. The molecule has 0 spiro atoms. The van der Waals surface area contributed by atoms with E-state index in [2.05, 4.69) is 23.6 Å². The standard InChI is InChI=1S/C13H23NO2S/c1-2-14(12-7-8-17-9-12)11-5-3-10(4-6-11)13(15)16/h10-12H,2-9H2,1H3,(H,15,16). The first-order valence-corrected chi connectivity index (χ1v) is 7.94. The van der Waals surface area contributed by atoms with E-state index in [-0.39, 0.29) is 5.92 Å². The fourth-order valence-electron chi connectivity index (χ4n) is 3.25. The highest BCUT2D eigenvalue weighted by molar-refractivity contribution is 7.99. The van der Waals surface area contributed by atoms with Crippen molar-refractivity contribution in [3.8, 4) is 0 Å². The number of rotatable bonds is 4. The molecule has 1 atom stereocenters. The lowest BCUT2D eigenvalue weighted by Crippen LogP contribution is -2.45. The lowest BCUT2D eigenvalue weighted by atomic mass is 9.85. The van der Waals surface area contributed by atoms with Crippen molar-refractivity contribution in [2.24, 2.45) is 5.92 Å². The van der Waals surface area contributed by atoms with Gasteiger partial charge in [-0.1, -0.05) is 6.92 Å². The number of carboxylic acid groups (broad SMARTS) is 1. The molecule has 1 unspecified atom stereocenters. The molecule has 0 aromatic rings. The van der Waals surface area contributed by atoms with Gasteiger partial charge < -0.3 is 5.11 Å². The van der Waals surface area contributed by atoms with E-state index < -0.39 is 5.97 Å². The molecule has 1 N–H and O–H groups in total. The molecule has 2 aliphatic rings. The molecule has 1 aliphatic heterocycles. The molecule has 2 rings (SSSR count). The topological polar surface area (TPSA) is 40.5 Å². The van der Waals surface area contributed by atoms with Crippen LogP contribution in [0.5, 0.6) is 0 Å². The highest BCUT2D eigenvalue weighted by atomic mass is 32.2. The molecule has 0 aromatic heterocycles. The van der Waals surface area contributed by atoms with E-state index in [4.69, 9.17) is 5.11 Å². The summed E-state index contributed by atoms with van der Waals surface area (Å²) in [6.45, 7) is 3.36. The third kappa shape index (κ3) is 3.16. The highest BCUT2D eigenvalue weighted by Gasteiger charge is 2.32. The van der Waals surface area contributed by atoms with Gasteiger partial charge in [-0.3, -0.25) is 9.69 Å². The van der Waals surface area contributed by atoms with Crippen LogP contribution in [0, 0.1) is 5.92 Å². The molecule has 1 aliphatic carbocycles. The fourth-order valence-corrected chi connectivity index (χ4v) is 4.49. The molecule has 0 bridgehead atoms. The average molecular weight is 257 g/mol. The SMILES string of the molecule is CCN(C1CCC(C(=O)O)CC1)C1CCSC1. The van der Waals surface area contributed by atoms with Crippen molar-refractivity contribution in [1.29, 1.82) is 0 Å². The van der Waals surface area contributed by atoms with Crippen LogP contribution >= 0.6 is 11.8 Å². The van der Waals surface area contributed by atoms with Crippen LogP contribution < -0.4 is 0 Å². The van der Waals surface area contributed by atoms with Gasteiger partial charge in [-0.2, -0.15) is 11.8 Å². The van der Waals surface area contributed by atoms with Gasteiger partial charge in [0, 0.05) is 17.8 Å². The summed E-state index contributed by atoms with van der Waals surface area (Å²) in [5, 5.41) is 9.01. The molecule has 1 saturated carbocycles. The number of hydrogen-bond acceptors (Lipinski definition) is 3. The van der Waals surface area contributed by atoms with Crippen molar-refractivity contribution in [3.63, 3.8) is 0 Å². The predicted octanol–water partition coefficient (Wildman–Crippen LogP) is 2.46. The number of carbonyl (C=O) groups is 1. The van der Waals surface area contributed by atoms with Crippen molar-refractivity contribution >= 4 is 17.7 Å². The Morgan fingerprint density at radius 2 is 1.94 bits per heavy atom. The molecule has 0 amide bonds. The average Bonchev–Trinajstić information content (AvgIpc) is 2.84. The lowest BCUT2D eigenvalue weighted by molar-refractivity contribution is -0.143. The van der Waals surface area contributed by atoms with E-state index in [1.165, 1.54) is 17.9 Å². The number of aliphatic carboxylic acids is 1. The first-order chi connectivity index (χ1) is 8.22. The van der Waals surface area contributed by atoms with E-state index in [0.717, 1.165) is 38.3 Å². The highest BCUT2D eigenvalue weighted by Crippen LogP contribution is 2.32. The summed E-state index contributed by atoms with van der Waals surface area (Å²) in [5.41, 5.74) is 0. The van der Waals surface area contributed by atoms with Crippen LogP contribution in [0.1, 0.15) is 39.0 Å². The molecular weight excluding hydrogens is 234 g/mol. The Labute approximate surface area is 108 Å². The molecule has 4 heteroatoms. The van der Waals surface area contributed by atoms with Gasteiger partial charge in [0.2, 0.25) is 0 Å². The molecule has 1 saturated heterocycles. The maximum absolute atomic E-state index is 10.9. The lowest BCUT2D eigenvalue weighted by Gasteiger charge is -2.38. The van der Waals surface area contributed by atoms with Crippen LogP contribution in [0.3, 0.4) is 0 Å². The quantitative estimate of drug-likeness (QED) is 0.840. The van der Waals surface area contributed by atoms with E-state index in [1.54, 1.807) is 0 Å². The summed E-state index contributed by atoms with van der Waals surface area (Å²) in [5.74, 6) is 1.89. The Morgan fingerprint density at radius 1 is 1.24 bits per heavy atom. The first-order valence-electron chi connectivity index (χ1n) is 6.78. The largest absolute Gasteiger partial charge is 0.481 e. The Kier molecular flexibility index (Phi) is 4.74. The van der Waals surface area contributed by atoms with E-state index in [0.29, 0.717) is 6.04 Å². The van der Waals surface area contributed by atoms with Crippen molar-refractivity contribution in [1.82, 2.24) is 4.90 Å². The summed E-state index contributed by atoms with van der Waals surface area (Å²) in [7, 11) is 0. The van der Waals surface area contributed by atoms with Gasteiger partial charge in [-0.15, -0.1) is 0 Å². The zero-order valence-corrected chi connectivity index (χ0v) is 11.4. The van der Waals surface area contributed by atoms with Crippen LogP contribution in [0.2, 0.25) is 0 Å². The van der Waals surface area contributed by atoms with Crippen molar-refractivity contribution in [2.45, 2.75) is 51.1 Å². The minimum Gasteiger partial charge on any atom is -0.481 e. The summed E-state index contributed by atoms with van der Waals surface area (Å²) in [6.07, 6.45) is 5.21. The van der Waals surface area contributed by atoms with Crippen molar-refractivity contribution < 1.29 is 9.90 Å². The summed E-state index contributed by atoms with van der Waals surface area (Å²) >= 11 is 2.06. The molecule has 98 valence electrons. The Hall–Kier alpha value is -0.220. The van der Waals surface area contributed by atoms with Crippen molar-refractivity contribution in [2.75, 3.05) is 18.1 Å². The van der Waals surface area contributed by atoms with Crippen LogP contribution in [-0.2, 0) is 4.79 Å². The van der Waals surface area contributed by atoms with E-state index in [1.807, 2.05) is 0 Å². The van der Waals surface area contributed by atoms with E-state index >= 15 is 0 Å². The van der Waals surface area contributed by atoms with Crippen LogP contribution in [0.4, 0.5) is 0 Å². The minimum atomic E-state index is -0.595. The molecule has 0 aromatic carbocycles. The van der Waals surface area contributed by atoms with Gasteiger partial charge >= 0.3 is 5.97 Å². The molecule has 1 heterocycles. The summed E-state index contributed by atoms with van der Waals surface area (Å²) in [4.78, 5) is 13.6. The Bertz CT molecular complexity index is 258. The van der Waals surface area contributed by atoms with Gasteiger partial charge in [-0.05, 0) is 44.4 Å². The van der Waals surface area contributed by atoms with Crippen molar-refractivity contribution in [3.05, 3.63) is 0 Å². The first kappa shape index (κ1) is 13.2. The number of nitrogens with zero attached hydrogens (tertiary/aromatic N) is 1. The molecule has 2 fully saturated rings. The van der Waals surface area contributed by atoms with Gasteiger partial charge in [0.1, 0.15) is 0 Å². The van der Waals surface area contributed by atoms with Gasteiger partial charge in [0.25, 0.3) is 0 Å². The smallest absolute Gasteiger partial charge is 0.306 e. The van der Waals surface area contributed by atoms with Crippen LogP contribution in [0.15, 0.2) is 0 Å². The maximum atomic E-state index is 10.9. The monoisotopic (exact) mass is 257 g/mol. The zero-order chi connectivity index (χ0) is 12.3. The number of carboxylic acids is 1. The number of thioether (sulfide) groups is 1. The van der Waals surface area contributed by atoms with Gasteiger partial charge in [0.05, 0.1) is 5.92 Å². The maximum Gasteiger partial charge on any atom is 0.306 e. The molecule has 17 heavy (non-hydrogen) atoms. The third-order valence-corrected chi connectivity index (χ3v) is 5.40. The Morgan fingerprint density at radius 3 is 2.41 bits per heavy atom. The summed E-state index contributed by atoms with van der Waals surface area (Å²) < 4.78 is 0. The molecular formula is C13H23NO2S. The minimum absolute atomic E-state index is 0.0806. The number of hydrogen-bond donors (Lipinski definition) is 1. The van der Waals surface area contributed by atoms with Crippen LogP contribution in [-0.4, -0.2) is 46.1 Å². The Balaban J connectivity index is 1.87. The summed E-state index contributed by atoms with van der Waals surface area (Å²) in [6, 6.07) is 1.38. The fraction of sp³-hybridized carbons (Fsp3) is 0.923. The van der Waals surface area contributed by atoms with Crippen LogP contribution in [0.25, 0.3) is 0 Å². The van der Waals surface area contributed by atoms with E-state index in [9.17, 15) is 4.79 Å². The third-order valence-electron chi connectivity index (χ3n) is 4.25. The molecule has 0 radical (unpaired) electrons. The predicted molar refractivity (Wildman–Crippen MR) is 71.5 cm³/mol. The second kappa shape index (κ2) is 6.10. The van der Waals surface area contributed by atoms with Gasteiger partial charge in [0.15, 0.2) is 0 Å². The normalized spacial score (nSPS) is 34.1. The second-order valence-corrected chi connectivity index (χ2v) is 6.34. The zero-order valence-electron chi connectivity index (χ0n) is 10.6. The second-order valence-electron chi connectivity index (χ2n) is 5.19.